The third kappa shape index (κ3) is 6.01. The first kappa shape index (κ1) is 29.2. The zero-order valence-corrected chi connectivity index (χ0v) is 24.4. The minimum Gasteiger partial charge on any atom is -0.319 e. The van der Waals surface area contributed by atoms with Gasteiger partial charge in [-0.2, -0.15) is 0 Å². The van der Waals surface area contributed by atoms with E-state index in [-0.39, 0.29) is 0 Å². The molecule has 5 rings (SSSR count). The van der Waals surface area contributed by atoms with Gasteiger partial charge in [-0.3, -0.25) is 0 Å². The van der Waals surface area contributed by atoms with Crippen molar-refractivity contribution in [1.29, 1.82) is 5.41 Å². The van der Waals surface area contributed by atoms with Crippen LogP contribution >= 0.6 is 0 Å². The second-order valence-electron chi connectivity index (χ2n) is 12.9. The lowest BCUT2D eigenvalue weighted by Gasteiger charge is -2.63. The molecule has 202 valence electrons. The van der Waals surface area contributed by atoms with E-state index >= 15 is 0 Å². The molecule has 2 nitrogen and oxygen atoms in total. The van der Waals surface area contributed by atoms with Crippen LogP contribution < -0.4 is 5.32 Å². The summed E-state index contributed by atoms with van der Waals surface area (Å²) in [5, 5.41) is 10.5. The van der Waals surface area contributed by atoms with E-state index in [0.29, 0.717) is 10.8 Å². The number of hydrogen-bond donors (Lipinski definition) is 2. The number of nitrogens with one attached hydrogen (secondary N) is 2. The largest absolute Gasteiger partial charge is 0.319 e. The van der Waals surface area contributed by atoms with Gasteiger partial charge in [-0.1, -0.05) is 78.3 Å². The van der Waals surface area contributed by atoms with Crippen LogP contribution in [0.5, 0.6) is 0 Å². The topological polar surface area (TPSA) is 35.9 Å². The van der Waals surface area contributed by atoms with Crippen molar-refractivity contribution in [1.82, 2.24) is 5.32 Å². The Labute approximate surface area is 223 Å². The van der Waals surface area contributed by atoms with Crippen LogP contribution in [-0.2, 0) is 0 Å². The minimum atomic E-state index is 0.637. The normalized spacial score (nSPS) is 38.9. The van der Waals surface area contributed by atoms with Gasteiger partial charge in [0.2, 0.25) is 0 Å². The first-order valence-electron chi connectivity index (χ1n) is 15.2. The molecular weight excluding hydrogens is 436 g/mol. The second kappa shape index (κ2) is 12.9. The van der Waals surface area contributed by atoms with Crippen molar-refractivity contribution in [2.45, 2.75) is 98.8 Å². The smallest absolute Gasteiger partial charge is 0.0250 e. The van der Waals surface area contributed by atoms with E-state index in [1.54, 1.807) is 25.3 Å². The Morgan fingerprint density at radius 2 is 1.67 bits per heavy atom. The Balaban J connectivity index is 0.000000253. The SMILES string of the molecule is C=Cc1cccc(C=N)c1.CC.CNCC1CCCC2C3CCC4(C)CC(C)CCC4C3CCC12C. The molecule has 36 heavy (non-hydrogen) atoms. The maximum Gasteiger partial charge on any atom is 0.0250 e. The van der Waals surface area contributed by atoms with Crippen molar-refractivity contribution in [3.05, 3.63) is 42.0 Å². The average Bonchev–Trinajstić information content (AvgIpc) is 2.90. The molecule has 1 aromatic rings. The molecule has 0 bridgehead atoms. The van der Waals surface area contributed by atoms with E-state index < -0.39 is 0 Å². The van der Waals surface area contributed by atoms with Crippen molar-refractivity contribution in [2.75, 3.05) is 13.6 Å². The molecule has 2 N–H and O–H groups in total. The molecule has 0 saturated heterocycles. The van der Waals surface area contributed by atoms with Gasteiger partial charge in [-0.25, -0.2) is 0 Å². The summed E-state index contributed by atoms with van der Waals surface area (Å²) >= 11 is 0. The van der Waals surface area contributed by atoms with Gasteiger partial charge in [-0.05, 0) is 128 Å². The van der Waals surface area contributed by atoms with Gasteiger partial charge in [0.25, 0.3) is 0 Å². The molecule has 0 spiro atoms. The average molecular weight is 493 g/mol. The van der Waals surface area contributed by atoms with Gasteiger partial charge in [-0.15, -0.1) is 0 Å². The van der Waals surface area contributed by atoms with Gasteiger partial charge < -0.3 is 10.7 Å². The predicted octanol–water partition coefficient (Wildman–Crippen LogP) is 9.24. The minimum absolute atomic E-state index is 0.637. The first-order valence-corrected chi connectivity index (χ1v) is 15.2. The Bertz CT molecular complexity index is 820. The number of fused-ring (bicyclic) bond motifs is 5. The molecule has 4 fully saturated rings. The lowest BCUT2D eigenvalue weighted by Crippen LogP contribution is -2.55. The molecule has 8 atom stereocenters. The van der Waals surface area contributed by atoms with Crippen molar-refractivity contribution in [3.8, 4) is 0 Å². The highest BCUT2D eigenvalue weighted by molar-refractivity contribution is 5.78. The van der Waals surface area contributed by atoms with Gasteiger partial charge in [0.1, 0.15) is 0 Å². The summed E-state index contributed by atoms with van der Waals surface area (Å²) < 4.78 is 0. The highest BCUT2D eigenvalue weighted by Gasteiger charge is 2.57. The van der Waals surface area contributed by atoms with Crippen molar-refractivity contribution in [2.24, 2.45) is 46.3 Å². The highest BCUT2D eigenvalue weighted by Crippen LogP contribution is 2.65. The molecule has 4 saturated carbocycles. The van der Waals surface area contributed by atoms with E-state index in [1.165, 1.54) is 57.7 Å². The first-order chi connectivity index (χ1) is 17.3. The fraction of sp³-hybridized carbons (Fsp3) is 0.735. The van der Waals surface area contributed by atoms with Crippen LogP contribution in [0.25, 0.3) is 6.08 Å². The Morgan fingerprint density at radius 3 is 2.36 bits per heavy atom. The van der Waals surface area contributed by atoms with Crippen LogP contribution in [0.3, 0.4) is 0 Å². The van der Waals surface area contributed by atoms with Gasteiger partial charge in [0.15, 0.2) is 0 Å². The molecular formula is C34H56N2. The summed E-state index contributed by atoms with van der Waals surface area (Å²) in [6, 6.07) is 7.68. The third-order valence-electron chi connectivity index (χ3n) is 10.9. The standard InChI is InChI=1S/C23H41N.C9H9N.C2H6/c1-16-8-9-20-18-11-13-23(3)17(15-24-4)6-5-7-21(23)19(18)10-12-22(20,2)14-16;1-2-8-4-3-5-9(6-8)7-10;1-2/h16-21,24H,5-15H2,1-4H3;2-7,10H,1H2;1-2H3. The van der Waals surface area contributed by atoms with Crippen LogP contribution in [0.1, 0.15) is 110 Å². The fourth-order valence-electron chi connectivity index (χ4n) is 9.28. The monoisotopic (exact) mass is 492 g/mol. The van der Waals surface area contributed by atoms with Crippen LogP contribution in [0.4, 0.5) is 0 Å². The second-order valence-corrected chi connectivity index (χ2v) is 12.9. The van der Waals surface area contributed by atoms with Crippen molar-refractivity contribution < 1.29 is 0 Å². The summed E-state index contributed by atoms with van der Waals surface area (Å²) in [7, 11) is 2.16. The van der Waals surface area contributed by atoms with Crippen LogP contribution in [-0.4, -0.2) is 19.8 Å². The van der Waals surface area contributed by atoms with Gasteiger partial charge in [0, 0.05) is 6.21 Å². The Kier molecular flexibility index (Phi) is 10.4. The van der Waals surface area contributed by atoms with E-state index in [9.17, 15) is 0 Å². The summed E-state index contributed by atoms with van der Waals surface area (Å²) in [5.74, 6) is 6.14. The zero-order valence-electron chi connectivity index (χ0n) is 24.4. The summed E-state index contributed by atoms with van der Waals surface area (Å²) in [5.41, 5.74) is 3.29. The van der Waals surface area contributed by atoms with E-state index in [2.05, 4.69) is 39.7 Å². The fourth-order valence-corrected chi connectivity index (χ4v) is 9.28. The van der Waals surface area contributed by atoms with Gasteiger partial charge >= 0.3 is 0 Å². The molecule has 0 aromatic heterocycles. The lowest BCUT2D eigenvalue weighted by molar-refractivity contribution is -0.132. The number of hydrogen-bond acceptors (Lipinski definition) is 2. The number of rotatable bonds is 4. The van der Waals surface area contributed by atoms with Crippen LogP contribution in [0, 0.1) is 51.7 Å². The molecule has 4 aliphatic carbocycles. The molecule has 1 aromatic carbocycles. The summed E-state index contributed by atoms with van der Waals surface area (Å²) in [6.45, 7) is 16.7. The molecule has 2 heteroatoms. The van der Waals surface area contributed by atoms with Crippen molar-refractivity contribution in [3.63, 3.8) is 0 Å². The van der Waals surface area contributed by atoms with E-state index in [4.69, 9.17) is 5.41 Å². The molecule has 4 aliphatic rings. The van der Waals surface area contributed by atoms with Crippen LogP contribution in [0.2, 0.25) is 0 Å². The summed E-state index contributed by atoms with van der Waals surface area (Å²) in [6.07, 6.45) is 18.3. The van der Waals surface area contributed by atoms with Crippen molar-refractivity contribution >= 4 is 12.3 Å². The quantitative estimate of drug-likeness (QED) is 0.404. The molecule has 0 amide bonds. The third-order valence-corrected chi connectivity index (χ3v) is 10.9. The van der Waals surface area contributed by atoms with E-state index in [0.717, 1.165) is 46.6 Å². The zero-order chi connectivity index (χ0) is 26.3. The Morgan fingerprint density at radius 1 is 0.972 bits per heavy atom. The molecule has 0 heterocycles. The van der Waals surface area contributed by atoms with Crippen LogP contribution in [0.15, 0.2) is 30.8 Å². The van der Waals surface area contributed by atoms with E-state index in [1.807, 2.05) is 38.1 Å². The predicted molar refractivity (Wildman–Crippen MR) is 159 cm³/mol. The maximum atomic E-state index is 6.96. The Hall–Kier alpha value is -1.41. The lowest BCUT2D eigenvalue weighted by atomic mass is 9.42. The molecule has 8 unspecified atom stereocenters. The maximum absolute atomic E-state index is 6.96. The highest BCUT2D eigenvalue weighted by atomic mass is 14.8. The summed E-state index contributed by atoms with van der Waals surface area (Å²) in [4.78, 5) is 0. The molecule has 0 aliphatic heterocycles. The van der Waals surface area contributed by atoms with Gasteiger partial charge in [0.05, 0.1) is 0 Å². The molecule has 0 radical (unpaired) electrons. The number of benzene rings is 1.